The molecule has 0 aliphatic heterocycles. The highest BCUT2D eigenvalue weighted by atomic mass is 79.9. The Morgan fingerprint density at radius 3 is 2.62 bits per heavy atom. The van der Waals surface area contributed by atoms with E-state index < -0.39 is 5.91 Å². The van der Waals surface area contributed by atoms with Crippen LogP contribution in [0, 0.1) is 11.3 Å². The zero-order valence-corrected chi connectivity index (χ0v) is 13.6. The normalized spacial score (nSPS) is 10.0. The van der Waals surface area contributed by atoms with Crippen LogP contribution in [0.4, 0.5) is 11.4 Å². The van der Waals surface area contributed by atoms with Crippen molar-refractivity contribution in [1.82, 2.24) is 0 Å². The van der Waals surface area contributed by atoms with Crippen molar-refractivity contribution in [3.05, 3.63) is 56.0 Å². The van der Waals surface area contributed by atoms with Crippen molar-refractivity contribution in [3.63, 3.8) is 0 Å². The van der Waals surface area contributed by atoms with Crippen LogP contribution in [0.3, 0.4) is 0 Å². The van der Waals surface area contributed by atoms with E-state index in [1.54, 1.807) is 18.2 Å². The molecule has 0 radical (unpaired) electrons. The number of carbonyl (C=O) groups is 1. The minimum atomic E-state index is -0.445. The zero-order valence-electron chi connectivity index (χ0n) is 10.5. The molecule has 0 spiro atoms. The third-order valence-corrected chi connectivity index (χ3v) is 4.10. The van der Waals surface area contributed by atoms with Crippen LogP contribution in [0.2, 0.25) is 10.0 Å². The van der Waals surface area contributed by atoms with Gasteiger partial charge in [-0.2, -0.15) is 5.26 Å². The Morgan fingerprint density at radius 1 is 1.29 bits per heavy atom. The predicted molar refractivity (Wildman–Crippen MR) is 87.7 cm³/mol. The molecule has 106 valence electrons. The van der Waals surface area contributed by atoms with Gasteiger partial charge in [-0.3, -0.25) is 4.79 Å². The number of nitriles is 1. The molecule has 0 bridgehead atoms. The molecule has 0 saturated carbocycles. The van der Waals surface area contributed by atoms with Gasteiger partial charge in [-0.15, -0.1) is 0 Å². The lowest BCUT2D eigenvalue weighted by molar-refractivity contribution is 0.102. The monoisotopic (exact) mass is 383 g/mol. The summed E-state index contributed by atoms with van der Waals surface area (Å²) in [6.45, 7) is 0. The second-order valence-corrected chi connectivity index (χ2v) is 5.76. The van der Waals surface area contributed by atoms with E-state index in [2.05, 4.69) is 21.2 Å². The number of hydrogen-bond donors (Lipinski definition) is 2. The van der Waals surface area contributed by atoms with Gasteiger partial charge in [0, 0.05) is 10.2 Å². The summed E-state index contributed by atoms with van der Waals surface area (Å²) in [7, 11) is 0. The summed E-state index contributed by atoms with van der Waals surface area (Å²) in [5.41, 5.74) is 7.16. The van der Waals surface area contributed by atoms with Gasteiger partial charge in [0.2, 0.25) is 0 Å². The van der Waals surface area contributed by atoms with Gasteiger partial charge in [-0.05, 0) is 46.3 Å². The topological polar surface area (TPSA) is 78.9 Å². The standard InChI is InChI=1S/C14H8BrCl2N3O/c15-10-3-7(6-18)1-2-12(10)20-14(21)9-4-8(19)5-11(16)13(9)17/h1-5H,19H2,(H,20,21). The molecule has 2 rings (SSSR count). The van der Waals surface area contributed by atoms with Crippen LogP contribution in [0.1, 0.15) is 15.9 Å². The van der Waals surface area contributed by atoms with E-state index in [9.17, 15) is 4.79 Å². The molecular weight excluding hydrogens is 377 g/mol. The van der Waals surface area contributed by atoms with Crippen LogP contribution in [0.25, 0.3) is 0 Å². The Balaban J connectivity index is 2.33. The highest BCUT2D eigenvalue weighted by Crippen LogP contribution is 2.30. The Kier molecular flexibility index (Phi) is 4.73. The van der Waals surface area contributed by atoms with Crippen molar-refractivity contribution in [2.24, 2.45) is 0 Å². The van der Waals surface area contributed by atoms with Gasteiger partial charge >= 0.3 is 0 Å². The Hall–Kier alpha value is -1.74. The highest BCUT2D eigenvalue weighted by Gasteiger charge is 2.15. The maximum atomic E-state index is 12.3. The van der Waals surface area contributed by atoms with E-state index >= 15 is 0 Å². The molecule has 21 heavy (non-hydrogen) atoms. The summed E-state index contributed by atoms with van der Waals surface area (Å²) in [6.07, 6.45) is 0. The average molecular weight is 385 g/mol. The van der Waals surface area contributed by atoms with E-state index in [1.807, 2.05) is 6.07 Å². The summed E-state index contributed by atoms with van der Waals surface area (Å²) in [5, 5.41) is 11.8. The smallest absolute Gasteiger partial charge is 0.257 e. The van der Waals surface area contributed by atoms with Crippen molar-refractivity contribution in [2.45, 2.75) is 0 Å². The first-order chi connectivity index (χ1) is 9.92. The molecule has 0 aromatic heterocycles. The Morgan fingerprint density at radius 2 is 2.00 bits per heavy atom. The summed E-state index contributed by atoms with van der Waals surface area (Å²) in [5.74, 6) is -0.445. The molecule has 0 aliphatic carbocycles. The number of halogens is 3. The van der Waals surface area contributed by atoms with Crippen molar-refractivity contribution in [2.75, 3.05) is 11.1 Å². The first kappa shape index (κ1) is 15.6. The van der Waals surface area contributed by atoms with Gasteiger partial charge in [0.1, 0.15) is 0 Å². The Bertz CT molecular complexity index is 772. The number of nitrogens with two attached hydrogens (primary N) is 1. The van der Waals surface area contributed by atoms with Crippen LogP contribution >= 0.6 is 39.1 Å². The molecule has 0 aliphatic rings. The van der Waals surface area contributed by atoms with Gasteiger partial charge in [-0.25, -0.2) is 0 Å². The molecule has 3 N–H and O–H groups in total. The number of amides is 1. The number of nitrogens with zero attached hydrogens (tertiary/aromatic N) is 1. The molecule has 0 fully saturated rings. The van der Waals surface area contributed by atoms with Crippen molar-refractivity contribution < 1.29 is 4.79 Å². The number of carbonyl (C=O) groups excluding carboxylic acids is 1. The summed E-state index contributed by atoms with van der Waals surface area (Å²) < 4.78 is 0.584. The summed E-state index contributed by atoms with van der Waals surface area (Å²) >= 11 is 15.2. The first-order valence-corrected chi connectivity index (χ1v) is 7.23. The zero-order chi connectivity index (χ0) is 15.6. The predicted octanol–water partition coefficient (Wildman–Crippen LogP) is 4.46. The maximum absolute atomic E-state index is 12.3. The van der Waals surface area contributed by atoms with Gasteiger partial charge < -0.3 is 11.1 Å². The fraction of sp³-hybridized carbons (Fsp3) is 0. The minimum absolute atomic E-state index is 0.133. The Labute approximate surface area is 139 Å². The molecule has 0 atom stereocenters. The fourth-order valence-electron chi connectivity index (χ4n) is 1.65. The highest BCUT2D eigenvalue weighted by molar-refractivity contribution is 9.10. The quantitative estimate of drug-likeness (QED) is 0.750. The van der Waals surface area contributed by atoms with Crippen LogP contribution in [-0.4, -0.2) is 5.91 Å². The molecule has 0 heterocycles. The molecule has 7 heteroatoms. The number of nitrogen functional groups attached to an aromatic ring is 1. The molecule has 2 aromatic rings. The van der Waals surface area contributed by atoms with Crippen LogP contribution < -0.4 is 11.1 Å². The van der Waals surface area contributed by atoms with Crippen molar-refractivity contribution in [3.8, 4) is 6.07 Å². The lowest BCUT2D eigenvalue weighted by Crippen LogP contribution is -2.13. The van der Waals surface area contributed by atoms with Crippen LogP contribution in [0.5, 0.6) is 0 Å². The number of benzene rings is 2. The third kappa shape index (κ3) is 3.48. The lowest BCUT2D eigenvalue weighted by Gasteiger charge is -2.10. The average Bonchev–Trinajstić information content (AvgIpc) is 2.44. The van der Waals surface area contributed by atoms with Crippen LogP contribution in [0.15, 0.2) is 34.8 Å². The van der Waals surface area contributed by atoms with Gasteiger partial charge in [0.15, 0.2) is 0 Å². The third-order valence-electron chi connectivity index (χ3n) is 2.64. The van der Waals surface area contributed by atoms with Gasteiger partial charge in [0.25, 0.3) is 5.91 Å². The maximum Gasteiger partial charge on any atom is 0.257 e. The molecule has 0 saturated heterocycles. The second kappa shape index (κ2) is 6.35. The number of anilines is 2. The molecular formula is C14H8BrCl2N3O. The molecule has 1 amide bonds. The van der Waals surface area contributed by atoms with E-state index in [4.69, 9.17) is 34.2 Å². The SMILES string of the molecule is N#Cc1ccc(NC(=O)c2cc(N)cc(Cl)c2Cl)c(Br)c1. The van der Waals surface area contributed by atoms with Crippen molar-refractivity contribution in [1.29, 1.82) is 5.26 Å². The van der Waals surface area contributed by atoms with E-state index in [0.29, 0.717) is 21.4 Å². The van der Waals surface area contributed by atoms with Crippen molar-refractivity contribution >= 4 is 56.4 Å². The number of rotatable bonds is 2. The van der Waals surface area contributed by atoms with E-state index in [1.165, 1.54) is 12.1 Å². The largest absolute Gasteiger partial charge is 0.399 e. The lowest BCUT2D eigenvalue weighted by atomic mass is 10.1. The number of nitrogens with one attached hydrogen (secondary N) is 1. The van der Waals surface area contributed by atoms with E-state index in [-0.39, 0.29) is 15.6 Å². The summed E-state index contributed by atoms with van der Waals surface area (Å²) in [6, 6.07) is 9.73. The fourth-order valence-corrected chi connectivity index (χ4v) is 2.55. The number of hydrogen-bond acceptors (Lipinski definition) is 3. The molecule has 0 unspecified atom stereocenters. The van der Waals surface area contributed by atoms with E-state index in [0.717, 1.165) is 0 Å². The first-order valence-electron chi connectivity index (χ1n) is 5.68. The summed E-state index contributed by atoms with van der Waals surface area (Å²) in [4.78, 5) is 12.3. The second-order valence-electron chi connectivity index (χ2n) is 4.12. The molecule has 2 aromatic carbocycles. The van der Waals surface area contributed by atoms with Gasteiger partial charge in [0.05, 0.1) is 32.9 Å². The minimum Gasteiger partial charge on any atom is -0.399 e. The van der Waals surface area contributed by atoms with Crippen LogP contribution in [-0.2, 0) is 0 Å². The molecule has 4 nitrogen and oxygen atoms in total. The van der Waals surface area contributed by atoms with Gasteiger partial charge in [-0.1, -0.05) is 23.2 Å².